The first-order valence-electron chi connectivity index (χ1n) is 9.65. The molecule has 0 aliphatic heterocycles. The van der Waals surface area contributed by atoms with Crippen LogP contribution in [-0.2, 0) is 17.6 Å². The zero-order valence-electron chi connectivity index (χ0n) is 16.7. The normalized spacial score (nSPS) is 12.2. The van der Waals surface area contributed by atoms with Crippen molar-refractivity contribution in [3.8, 4) is 0 Å². The summed E-state index contributed by atoms with van der Waals surface area (Å²) in [5.74, 6) is -0.0115. The molecule has 10 nitrogen and oxygen atoms in total. The van der Waals surface area contributed by atoms with E-state index in [1.807, 2.05) is 6.07 Å². The van der Waals surface area contributed by atoms with E-state index in [9.17, 15) is 9.59 Å². The number of H-pyrrole nitrogens is 2. The summed E-state index contributed by atoms with van der Waals surface area (Å²) < 4.78 is 0. The molecule has 0 fully saturated rings. The minimum Gasteiger partial charge on any atom is -0.480 e. The molecule has 2 aromatic carbocycles. The molecule has 4 rings (SSSR count). The number of amides is 1. The van der Waals surface area contributed by atoms with Crippen molar-refractivity contribution in [3.63, 3.8) is 0 Å². The van der Waals surface area contributed by atoms with E-state index in [4.69, 9.17) is 16.2 Å². The molecule has 4 aromatic rings. The number of hydrogen-bond donors (Lipinski definition) is 6. The Kier molecular flexibility index (Phi) is 5.12. The van der Waals surface area contributed by atoms with Gasteiger partial charge in [-0.15, -0.1) is 0 Å². The standard InChI is InChI=1S/C21H21N7O3/c1-10(21(30)31)24-20(29)12-3-5-14-16(9-12)28-18(26-14)7-6-17-25-13-4-2-11(19(22)23)8-15(13)27-17/h2-5,8-10H,6-7H2,1H3,(H3,22,23)(H,24,29)(H,25,27)(H,26,28)(H,30,31). The van der Waals surface area contributed by atoms with E-state index in [1.165, 1.54) is 6.92 Å². The van der Waals surface area contributed by atoms with Crippen molar-refractivity contribution in [2.45, 2.75) is 25.8 Å². The lowest BCUT2D eigenvalue weighted by Crippen LogP contribution is -2.38. The highest BCUT2D eigenvalue weighted by Gasteiger charge is 2.16. The second-order valence-electron chi connectivity index (χ2n) is 7.28. The maximum Gasteiger partial charge on any atom is 0.325 e. The van der Waals surface area contributed by atoms with Gasteiger partial charge in [-0.2, -0.15) is 0 Å². The van der Waals surface area contributed by atoms with E-state index >= 15 is 0 Å². The van der Waals surface area contributed by atoms with Gasteiger partial charge >= 0.3 is 5.97 Å². The number of carboxylic acid groups (broad SMARTS) is 1. The Morgan fingerprint density at radius 1 is 1.03 bits per heavy atom. The number of carboxylic acids is 1. The Morgan fingerprint density at radius 2 is 1.55 bits per heavy atom. The fourth-order valence-electron chi connectivity index (χ4n) is 3.25. The fourth-order valence-corrected chi connectivity index (χ4v) is 3.25. The number of benzene rings is 2. The lowest BCUT2D eigenvalue weighted by Gasteiger charge is -2.08. The molecule has 0 spiro atoms. The zero-order chi connectivity index (χ0) is 22.1. The van der Waals surface area contributed by atoms with Crippen LogP contribution in [-0.4, -0.2) is 48.8 Å². The Bertz CT molecular complexity index is 1320. The van der Waals surface area contributed by atoms with Gasteiger partial charge in [0.2, 0.25) is 0 Å². The summed E-state index contributed by atoms with van der Waals surface area (Å²) in [6, 6.07) is 9.40. The van der Waals surface area contributed by atoms with Crippen molar-refractivity contribution in [2.75, 3.05) is 0 Å². The number of rotatable bonds is 7. The molecule has 0 saturated heterocycles. The van der Waals surface area contributed by atoms with Gasteiger partial charge in [0.05, 0.1) is 22.1 Å². The van der Waals surface area contributed by atoms with E-state index in [-0.39, 0.29) is 5.84 Å². The van der Waals surface area contributed by atoms with Gasteiger partial charge in [-0.05, 0) is 43.3 Å². The maximum absolute atomic E-state index is 12.2. The number of nitrogens with one attached hydrogen (secondary N) is 4. The van der Waals surface area contributed by atoms with Crippen LogP contribution in [0, 0.1) is 5.41 Å². The molecule has 31 heavy (non-hydrogen) atoms. The number of fused-ring (bicyclic) bond motifs is 2. The Morgan fingerprint density at radius 3 is 2.06 bits per heavy atom. The average molecular weight is 419 g/mol. The third-order valence-electron chi connectivity index (χ3n) is 4.95. The van der Waals surface area contributed by atoms with E-state index in [1.54, 1.807) is 30.3 Å². The summed E-state index contributed by atoms with van der Waals surface area (Å²) in [6.07, 6.45) is 1.22. The van der Waals surface area contributed by atoms with Gasteiger partial charge in [0.1, 0.15) is 23.5 Å². The summed E-state index contributed by atoms with van der Waals surface area (Å²) in [5.41, 5.74) is 9.56. The van der Waals surface area contributed by atoms with Crippen molar-refractivity contribution in [1.29, 1.82) is 5.41 Å². The van der Waals surface area contributed by atoms with Crippen molar-refractivity contribution in [2.24, 2.45) is 5.73 Å². The number of nitrogens with zero attached hydrogens (tertiary/aromatic N) is 2. The molecule has 158 valence electrons. The van der Waals surface area contributed by atoms with Crippen molar-refractivity contribution < 1.29 is 14.7 Å². The molecule has 1 unspecified atom stereocenters. The third-order valence-corrected chi connectivity index (χ3v) is 4.95. The summed E-state index contributed by atoms with van der Waals surface area (Å²) in [6.45, 7) is 1.41. The number of nitrogens with two attached hydrogens (primary N) is 1. The van der Waals surface area contributed by atoms with Gasteiger partial charge < -0.3 is 26.1 Å². The van der Waals surface area contributed by atoms with Crippen LogP contribution >= 0.6 is 0 Å². The number of aromatic nitrogens is 4. The summed E-state index contributed by atoms with van der Waals surface area (Å²) in [5, 5.41) is 18.9. The molecule has 0 radical (unpaired) electrons. The summed E-state index contributed by atoms with van der Waals surface area (Å²) >= 11 is 0. The van der Waals surface area contributed by atoms with Crippen LogP contribution < -0.4 is 11.1 Å². The molecule has 10 heteroatoms. The number of amidine groups is 1. The van der Waals surface area contributed by atoms with E-state index in [0.717, 1.165) is 22.7 Å². The highest BCUT2D eigenvalue weighted by atomic mass is 16.4. The third kappa shape index (κ3) is 4.22. The van der Waals surface area contributed by atoms with E-state index < -0.39 is 17.9 Å². The number of carbonyl (C=O) groups is 2. The summed E-state index contributed by atoms with van der Waals surface area (Å²) in [7, 11) is 0. The van der Waals surface area contributed by atoms with Gasteiger partial charge in [0, 0.05) is 24.0 Å². The monoisotopic (exact) mass is 419 g/mol. The minimum atomic E-state index is -1.10. The van der Waals surface area contributed by atoms with Crippen LogP contribution in [0.4, 0.5) is 0 Å². The SMILES string of the molecule is CC(NC(=O)c1ccc2nc(CCc3nc4ccc(C(=N)N)cc4[nH]3)[nH]c2c1)C(=O)O. The van der Waals surface area contributed by atoms with E-state index in [0.29, 0.717) is 35.0 Å². The molecule has 0 saturated carbocycles. The number of nitrogen functional groups attached to an aromatic ring is 1. The number of carbonyl (C=O) groups excluding carboxylic acids is 1. The molecule has 2 aromatic heterocycles. The van der Waals surface area contributed by atoms with Crippen LogP contribution in [0.2, 0.25) is 0 Å². The number of aryl methyl sites for hydroxylation is 2. The molecule has 0 bridgehead atoms. The predicted octanol–water partition coefficient (Wildman–Crippen LogP) is 1.71. The maximum atomic E-state index is 12.2. The molecule has 1 amide bonds. The highest BCUT2D eigenvalue weighted by Crippen LogP contribution is 2.17. The van der Waals surface area contributed by atoms with Crippen molar-refractivity contribution in [1.82, 2.24) is 25.3 Å². The topological polar surface area (TPSA) is 174 Å². The first-order chi connectivity index (χ1) is 14.8. The zero-order valence-corrected chi connectivity index (χ0v) is 16.7. The van der Waals surface area contributed by atoms with Crippen LogP contribution in [0.15, 0.2) is 36.4 Å². The fraction of sp³-hybridized carbons (Fsp3) is 0.190. The van der Waals surface area contributed by atoms with Gasteiger partial charge in [-0.25, -0.2) is 9.97 Å². The van der Waals surface area contributed by atoms with Crippen LogP contribution in [0.1, 0.15) is 34.5 Å². The van der Waals surface area contributed by atoms with Crippen molar-refractivity contribution in [3.05, 3.63) is 59.2 Å². The number of imidazole rings is 2. The first-order valence-corrected chi connectivity index (χ1v) is 9.65. The molecule has 0 aliphatic carbocycles. The Labute approximate surface area is 176 Å². The molecular formula is C21H21N7O3. The van der Waals surface area contributed by atoms with Crippen LogP contribution in [0.5, 0.6) is 0 Å². The quantitative estimate of drug-likeness (QED) is 0.196. The molecule has 2 heterocycles. The second kappa shape index (κ2) is 7.90. The minimum absolute atomic E-state index is 0.00536. The van der Waals surface area contributed by atoms with Crippen molar-refractivity contribution >= 4 is 39.8 Å². The highest BCUT2D eigenvalue weighted by molar-refractivity contribution is 5.99. The number of aromatic amines is 2. The number of hydrogen-bond acceptors (Lipinski definition) is 5. The van der Waals surface area contributed by atoms with Crippen LogP contribution in [0.25, 0.3) is 22.1 Å². The second-order valence-corrected chi connectivity index (χ2v) is 7.28. The lowest BCUT2D eigenvalue weighted by molar-refractivity contribution is -0.138. The summed E-state index contributed by atoms with van der Waals surface area (Å²) in [4.78, 5) is 38.7. The number of aliphatic carboxylic acids is 1. The van der Waals surface area contributed by atoms with E-state index in [2.05, 4.69) is 25.3 Å². The molecular weight excluding hydrogens is 398 g/mol. The van der Waals surface area contributed by atoms with Gasteiger partial charge in [0.25, 0.3) is 5.91 Å². The largest absolute Gasteiger partial charge is 0.480 e. The average Bonchev–Trinajstić information content (AvgIpc) is 3.33. The van der Waals surface area contributed by atoms with Gasteiger partial charge in [0.15, 0.2) is 0 Å². The smallest absolute Gasteiger partial charge is 0.325 e. The van der Waals surface area contributed by atoms with Gasteiger partial charge in [-0.1, -0.05) is 0 Å². The lowest BCUT2D eigenvalue weighted by atomic mass is 10.2. The molecule has 1 atom stereocenters. The van der Waals surface area contributed by atoms with Crippen LogP contribution in [0.3, 0.4) is 0 Å². The molecule has 7 N–H and O–H groups in total. The predicted molar refractivity (Wildman–Crippen MR) is 115 cm³/mol. The first kappa shape index (κ1) is 20.1. The Hall–Kier alpha value is -4.21. The van der Waals surface area contributed by atoms with Gasteiger partial charge in [-0.3, -0.25) is 15.0 Å². The Balaban J connectivity index is 1.48. The molecule has 0 aliphatic rings.